The number of aryl methyl sites for hydroxylation is 1. The van der Waals surface area contributed by atoms with Gasteiger partial charge in [0.2, 0.25) is 0 Å². The quantitative estimate of drug-likeness (QED) is 0.310. The lowest BCUT2D eigenvalue weighted by atomic mass is 10.1. The molecule has 0 aliphatic carbocycles. The fraction of sp³-hybridized carbons (Fsp3) is 0.533. The van der Waals surface area contributed by atoms with Crippen molar-refractivity contribution in [1.29, 1.82) is 0 Å². The summed E-state index contributed by atoms with van der Waals surface area (Å²) in [5.41, 5.74) is 1.38. The van der Waals surface area contributed by atoms with Gasteiger partial charge < -0.3 is 15.4 Å². The van der Waals surface area contributed by atoms with Gasteiger partial charge in [0, 0.05) is 33.9 Å². The molecule has 0 bridgehead atoms. The summed E-state index contributed by atoms with van der Waals surface area (Å²) >= 11 is 0. The number of aliphatic imine (C=N–C) groups is 1. The zero-order valence-corrected chi connectivity index (χ0v) is 14.7. The van der Waals surface area contributed by atoms with Crippen LogP contribution in [0.1, 0.15) is 18.4 Å². The van der Waals surface area contributed by atoms with E-state index in [1.807, 2.05) is 6.07 Å². The summed E-state index contributed by atoms with van der Waals surface area (Å²) in [7, 11) is 3.51. The van der Waals surface area contributed by atoms with Crippen LogP contribution in [0.15, 0.2) is 35.3 Å². The number of halogens is 1. The third-order valence-corrected chi connectivity index (χ3v) is 2.82. The molecule has 0 aromatic heterocycles. The second kappa shape index (κ2) is 13.2. The molecule has 0 spiro atoms. The SMILES string of the molecule is CN=C(NCCCOC)NCCCc1ccccc1.I. The van der Waals surface area contributed by atoms with Gasteiger partial charge in [-0.3, -0.25) is 4.99 Å². The second-order valence-electron chi connectivity index (χ2n) is 4.36. The molecule has 5 heteroatoms. The Hall–Kier alpha value is -0.820. The second-order valence-corrected chi connectivity index (χ2v) is 4.36. The first-order valence-electron chi connectivity index (χ1n) is 6.84. The molecule has 0 saturated heterocycles. The maximum atomic E-state index is 5.00. The van der Waals surface area contributed by atoms with Crippen molar-refractivity contribution in [3.63, 3.8) is 0 Å². The summed E-state index contributed by atoms with van der Waals surface area (Å²) in [6.45, 7) is 2.59. The number of ether oxygens (including phenoxy) is 1. The van der Waals surface area contributed by atoms with Crippen LogP contribution in [0, 0.1) is 0 Å². The Balaban J connectivity index is 0.00000361. The minimum atomic E-state index is 0. The molecule has 0 aliphatic heterocycles. The van der Waals surface area contributed by atoms with Crippen molar-refractivity contribution in [2.24, 2.45) is 4.99 Å². The summed E-state index contributed by atoms with van der Waals surface area (Å²) in [4.78, 5) is 4.18. The van der Waals surface area contributed by atoms with Crippen LogP contribution in [0.2, 0.25) is 0 Å². The van der Waals surface area contributed by atoms with Gasteiger partial charge in [0.1, 0.15) is 0 Å². The highest BCUT2D eigenvalue weighted by molar-refractivity contribution is 14.0. The van der Waals surface area contributed by atoms with Crippen molar-refractivity contribution >= 4 is 29.9 Å². The van der Waals surface area contributed by atoms with Crippen LogP contribution in [0.3, 0.4) is 0 Å². The van der Waals surface area contributed by atoms with Crippen LogP contribution in [0.25, 0.3) is 0 Å². The van der Waals surface area contributed by atoms with E-state index in [1.54, 1.807) is 14.2 Å². The Labute approximate surface area is 139 Å². The van der Waals surface area contributed by atoms with E-state index in [-0.39, 0.29) is 24.0 Å². The molecule has 0 amide bonds. The van der Waals surface area contributed by atoms with Gasteiger partial charge >= 0.3 is 0 Å². The maximum absolute atomic E-state index is 5.00. The molecule has 0 radical (unpaired) electrons. The van der Waals surface area contributed by atoms with Gasteiger partial charge in [-0.15, -0.1) is 24.0 Å². The van der Waals surface area contributed by atoms with Gasteiger partial charge in [-0.1, -0.05) is 30.3 Å². The molecule has 1 rings (SSSR count). The molecule has 0 saturated carbocycles. The molecule has 2 N–H and O–H groups in total. The van der Waals surface area contributed by atoms with Gasteiger partial charge in [0.15, 0.2) is 5.96 Å². The number of nitrogens with one attached hydrogen (secondary N) is 2. The molecule has 0 heterocycles. The highest BCUT2D eigenvalue weighted by Gasteiger charge is 1.97. The molecular weight excluding hydrogens is 365 g/mol. The zero-order chi connectivity index (χ0) is 13.8. The van der Waals surface area contributed by atoms with Gasteiger partial charge in [-0.2, -0.15) is 0 Å². The van der Waals surface area contributed by atoms with Gasteiger partial charge in [-0.25, -0.2) is 0 Å². The Morgan fingerprint density at radius 1 is 1.10 bits per heavy atom. The first-order valence-corrected chi connectivity index (χ1v) is 6.84. The predicted molar refractivity (Wildman–Crippen MR) is 96.0 cm³/mol. The zero-order valence-electron chi connectivity index (χ0n) is 12.4. The Morgan fingerprint density at radius 2 is 1.75 bits per heavy atom. The van der Waals surface area contributed by atoms with Crippen molar-refractivity contribution in [1.82, 2.24) is 10.6 Å². The van der Waals surface area contributed by atoms with Crippen LogP contribution >= 0.6 is 24.0 Å². The Morgan fingerprint density at radius 3 is 2.35 bits per heavy atom. The Kier molecular flexibility index (Phi) is 12.6. The topological polar surface area (TPSA) is 45.7 Å². The van der Waals surface area contributed by atoms with E-state index < -0.39 is 0 Å². The smallest absolute Gasteiger partial charge is 0.190 e. The maximum Gasteiger partial charge on any atom is 0.190 e. The normalized spacial score (nSPS) is 10.8. The van der Waals surface area contributed by atoms with Crippen LogP contribution in [0.5, 0.6) is 0 Å². The lowest BCUT2D eigenvalue weighted by Gasteiger charge is -2.11. The summed E-state index contributed by atoms with van der Waals surface area (Å²) in [6.07, 6.45) is 3.18. The van der Waals surface area contributed by atoms with Crippen LogP contribution in [-0.2, 0) is 11.2 Å². The van der Waals surface area contributed by atoms with Gasteiger partial charge in [0.05, 0.1) is 0 Å². The third-order valence-electron chi connectivity index (χ3n) is 2.82. The van der Waals surface area contributed by atoms with E-state index in [0.29, 0.717) is 0 Å². The predicted octanol–water partition coefficient (Wildman–Crippen LogP) is 2.44. The van der Waals surface area contributed by atoms with E-state index in [0.717, 1.165) is 44.9 Å². The number of nitrogens with zero attached hydrogens (tertiary/aromatic N) is 1. The van der Waals surface area contributed by atoms with Gasteiger partial charge in [-0.05, 0) is 24.8 Å². The first kappa shape index (κ1) is 19.2. The summed E-state index contributed by atoms with van der Waals surface area (Å²) in [5, 5.41) is 6.58. The standard InChI is InChI=1S/C15H25N3O.HI/c1-16-15(18-12-7-13-19-2)17-11-6-10-14-8-4-3-5-9-14;/h3-5,8-9H,6-7,10-13H2,1-2H3,(H2,16,17,18);1H. The first-order chi connectivity index (χ1) is 9.36. The van der Waals surface area contributed by atoms with E-state index in [4.69, 9.17) is 4.74 Å². The number of guanidine groups is 1. The summed E-state index contributed by atoms with van der Waals surface area (Å²) in [6, 6.07) is 10.5. The lowest BCUT2D eigenvalue weighted by molar-refractivity contribution is 0.195. The third kappa shape index (κ3) is 9.14. The van der Waals surface area contributed by atoms with Crippen LogP contribution in [-0.4, -0.2) is 39.8 Å². The molecule has 1 aromatic rings. The number of hydrogen-bond donors (Lipinski definition) is 2. The fourth-order valence-corrected chi connectivity index (χ4v) is 1.79. The van der Waals surface area contributed by atoms with E-state index in [2.05, 4.69) is 39.9 Å². The molecule has 1 aromatic carbocycles. The van der Waals surface area contributed by atoms with Crippen molar-refractivity contribution in [2.45, 2.75) is 19.3 Å². The lowest BCUT2D eigenvalue weighted by Crippen LogP contribution is -2.38. The Bertz CT molecular complexity index is 357. The molecule has 0 unspecified atom stereocenters. The molecule has 114 valence electrons. The fourth-order valence-electron chi connectivity index (χ4n) is 1.79. The minimum Gasteiger partial charge on any atom is -0.385 e. The van der Waals surface area contributed by atoms with Crippen molar-refractivity contribution in [2.75, 3.05) is 33.9 Å². The summed E-state index contributed by atoms with van der Waals surface area (Å²) < 4.78 is 5.00. The van der Waals surface area contributed by atoms with E-state index >= 15 is 0 Å². The van der Waals surface area contributed by atoms with Crippen LogP contribution < -0.4 is 10.6 Å². The number of methoxy groups -OCH3 is 1. The molecule has 20 heavy (non-hydrogen) atoms. The summed E-state index contributed by atoms with van der Waals surface area (Å²) in [5.74, 6) is 0.865. The number of benzene rings is 1. The van der Waals surface area contributed by atoms with Crippen LogP contribution in [0.4, 0.5) is 0 Å². The molecule has 4 nitrogen and oxygen atoms in total. The molecule has 0 atom stereocenters. The monoisotopic (exact) mass is 391 g/mol. The number of rotatable bonds is 8. The van der Waals surface area contributed by atoms with Crippen molar-refractivity contribution in [3.05, 3.63) is 35.9 Å². The average molecular weight is 391 g/mol. The molecule has 0 fully saturated rings. The van der Waals surface area contributed by atoms with Crippen molar-refractivity contribution < 1.29 is 4.74 Å². The van der Waals surface area contributed by atoms with E-state index in [1.165, 1.54) is 5.56 Å². The van der Waals surface area contributed by atoms with Gasteiger partial charge in [0.25, 0.3) is 0 Å². The molecule has 0 aliphatic rings. The average Bonchev–Trinajstić information content (AvgIpc) is 2.46. The molecular formula is C15H26IN3O. The highest BCUT2D eigenvalue weighted by Crippen LogP contribution is 2.01. The largest absolute Gasteiger partial charge is 0.385 e. The van der Waals surface area contributed by atoms with Crippen molar-refractivity contribution in [3.8, 4) is 0 Å². The number of hydrogen-bond acceptors (Lipinski definition) is 2. The minimum absolute atomic E-state index is 0. The van der Waals surface area contributed by atoms with E-state index in [9.17, 15) is 0 Å². The highest BCUT2D eigenvalue weighted by atomic mass is 127.